The third kappa shape index (κ3) is 2.78. The molecule has 1 aromatic heterocycles. The first-order valence-corrected chi connectivity index (χ1v) is 6.36. The Morgan fingerprint density at radius 3 is 2.72 bits per heavy atom. The highest BCUT2D eigenvalue weighted by molar-refractivity contribution is 7.12. The van der Waals surface area contributed by atoms with Crippen molar-refractivity contribution >= 4 is 23.1 Å². The second-order valence-corrected chi connectivity index (χ2v) is 4.64. The quantitative estimate of drug-likeness (QED) is 0.467. The first-order valence-electron chi connectivity index (χ1n) is 5.48. The molecule has 1 atom stereocenters. The molecule has 96 valence electrons. The number of likely N-dealkylation sites (N-methyl/N-ethyl adjacent to an activating group) is 1. The molecule has 4 nitrogen and oxygen atoms in total. The van der Waals surface area contributed by atoms with Crippen molar-refractivity contribution in [3.63, 3.8) is 0 Å². The lowest BCUT2D eigenvalue weighted by Gasteiger charge is -2.26. The van der Waals surface area contributed by atoms with Crippen molar-refractivity contribution in [3.8, 4) is 11.8 Å². The second kappa shape index (κ2) is 6.34. The number of Topliss-reactive ketones (excluding diaryl/α,β-unsaturated/α-hetero) is 1. The highest BCUT2D eigenvalue weighted by Gasteiger charge is 2.44. The van der Waals surface area contributed by atoms with Crippen LogP contribution in [0.15, 0.2) is 17.5 Å². The molecule has 1 rings (SSSR count). The van der Waals surface area contributed by atoms with Crippen LogP contribution in [-0.4, -0.2) is 29.4 Å². The molecule has 5 heteroatoms. The van der Waals surface area contributed by atoms with Crippen molar-refractivity contribution in [3.05, 3.63) is 22.4 Å². The van der Waals surface area contributed by atoms with Gasteiger partial charge in [0.15, 0.2) is 5.54 Å². The number of thiophene rings is 1. The van der Waals surface area contributed by atoms with Gasteiger partial charge in [-0.1, -0.05) is 6.07 Å². The lowest BCUT2D eigenvalue weighted by molar-refractivity contribution is -0.142. The van der Waals surface area contributed by atoms with Gasteiger partial charge in [-0.25, -0.2) is 4.79 Å². The summed E-state index contributed by atoms with van der Waals surface area (Å²) in [4.78, 5) is 24.2. The first kappa shape index (κ1) is 14.4. The molecule has 1 heterocycles. The summed E-state index contributed by atoms with van der Waals surface area (Å²) < 4.78 is 0. The van der Waals surface area contributed by atoms with Crippen molar-refractivity contribution in [1.82, 2.24) is 5.32 Å². The molecule has 0 radical (unpaired) electrons. The van der Waals surface area contributed by atoms with Crippen LogP contribution < -0.4 is 5.32 Å². The lowest BCUT2D eigenvalue weighted by Crippen LogP contribution is -2.56. The van der Waals surface area contributed by atoms with Crippen LogP contribution in [0.4, 0.5) is 0 Å². The second-order valence-electron chi connectivity index (χ2n) is 3.69. The number of nitrogens with one attached hydrogen (secondary N) is 1. The minimum absolute atomic E-state index is 0.149. The molecule has 0 saturated carbocycles. The Morgan fingerprint density at radius 2 is 2.28 bits per heavy atom. The van der Waals surface area contributed by atoms with Crippen molar-refractivity contribution in [2.24, 2.45) is 0 Å². The largest absolute Gasteiger partial charge is 0.480 e. The number of ketones is 1. The summed E-state index contributed by atoms with van der Waals surface area (Å²) in [6.45, 7) is 1.68. The summed E-state index contributed by atoms with van der Waals surface area (Å²) in [7, 11) is 1.49. The number of aliphatic carboxylic acids is 1. The molecule has 0 saturated heterocycles. The topological polar surface area (TPSA) is 66.4 Å². The van der Waals surface area contributed by atoms with Gasteiger partial charge in [0.2, 0.25) is 5.78 Å². The van der Waals surface area contributed by atoms with Crippen LogP contribution in [0.25, 0.3) is 0 Å². The molecule has 2 N–H and O–H groups in total. The van der Waals surface area contributed by atoms with Gasteiger partial charge in [0, 0.05) is 6.42 Å². The molecule has 1 aromatic rings. The zero-order valence-electron chi connectivity index (χ0n) is 10.3. The highest BCUT2D eigenvalue weighted by Crippen LogP contribution is 2.22. The summed E-state index contributed by atoms with van der Waals surface area (Å²) in [5.41, 5.74) is -1.59. The molecule has 0 fully saturated rings. The molecular weight excluding hydrogens is 250 g/mol. The fourth-order valence-electron chi connectivity index (χ4n) is 1.66. The molecule has 18 heavy (non-hydrogen) atoms. The number of carboxylic acid groups (broad SMARTS) is 1. The fraction of sp³-hybridized carbons (Fsp3) is 0.385. The Kier molecular flexibility index (Phi) is 5.08. The van der Waals surface area contributed by atoms with E-state index in [9.17, 15) is 14.7 Å². The Morgan fingerprint density at radius 1 is 1.56 bits per heavy atom. The molecular formula is C13H15NO3S. The van der Waals surface area contributed by atoms with E-state index in [1.807, 2.05) is 0 Å². The van der Waals surface area contributed by atoms with Crippen molar-refractivity contribution < 1.29 is 14.7 Å². The van der Waals surface area contributed by atoms with Crippen LogP contribution >= 0.6 is 11.3 Å². The average Bonchev–Trinajstić information content (AvgIpc) is 2.87. The molecule has 0 spiro atoms. The summed E-state index contributed by atoms with van der Waals surface area (Å²) in [6, 6.07) is 3.36. The van der Waals surface area contributed by atoms with Crippen molar-refractivity contribution in [2.75, 3.05) is 7.05 Å². The fourth-order valence-corrected chi connectivity index (χ4v) is 2.40. The van der Waals surface area contributed by atoms with Gasteiger partial charge in [0.1, 0.15) is 0 Å². The SMILES string of the molecule is CC#CCCC(NC)(C(=O)O)C(=O)c1cccs1. The zero-order valence-corrected chi connectivity index (χ0v) is 11.1. The van der Waals surface area contributed by atoms with Crippen LogP contribution in [0.5, 0.6) is 0 Å². The van der Waals surface area contributed by atoms with E-state index in [4.69, 9.17) is 0 Å². The van der Waals surface area contributed by atoms with E-state index in [-0.39, 0.29) is 6.42 Å². The predicted octanol–water partition coefficient (Wildman–Crippen LogP) is 1.78. The Hall–Kier alpha value is -1.64. The standard InChI is InChI=1S/C13H15NO3S/c1-3-4-5-8-13(14-2,12(16)17)11(15)10-7-6-9-18-10/h6-7,9,14H,5,8H2,1-2H3,(H,16,17). The number of rotatable bonds is 6. The lowest BCUT2D eigenvalue weighted by atomic mass is 9.88. The van der Waals surface area contributed by atoms with Crippen LogP contribution in [0, 0.1) is 11.8 Å². The van der Waals surface area contributed by atoms with E-state index in [1.54, 1.807) is 24.4 Å². The van der Waals surface area contributed by atoms with Crippen molar-refractivity contribution in [1.29, 1.82) is 0 Å². The normalized spacial score (nSPS) is 13.2. The molecule has 0 aliphatic carbocycles. The highest BCUT2D eigenvalue weighted by atomic mass is 32.1. The molecule has 0 aliphatic rings. The van der Waals surface area contributed by atoms with Gasteiger partial charge in [-0.05, 0) is 31.8 Å². The number of hydrogen-bond acceptors (Lipinski definition) is 4. The van der Waals surface area contributed by atoms with Crippen LogP contribution in [0.2, 0.25) is 0 Å². The number of carbonyl (C=O) groups excluding carboxylic acids is 1. The monoisotopic (exact) mass is 265 g/mol. The van der Waals surface area contributed by atoms with Crippen LogP contribution in [-0.2, 0) is 4.79 Å². The third-order valence-corrected chi connectivity index (χ3v) is 3.59. The molecule has 0 aromatic carbocycles. The number of carboxylic acids is 1. The average molecular weight is 265 g/mol. The van der Waals surface area contributed by atoms with E-state index in [1.165, 1.54) is 18.4 Å². The first-order chi connectivity index (χ1) is 8.58. The van der Waals surface area contributed by atoms with Crippen LogP contribution in [0.1, 0.15) is 29.4 Å². The maximum Gasteiger partial charge on any atom is 0.332 e. The summed E-state index contributed by atoms with van der Waals surface area (Å²) in [6.07, 6.45) is 0.511. The maximum absolute atomic E-state index is 12.3. The summed E-state index contributed by atoms with van der Waals surface area (Å²) >= 11 is 1.24. The Balaban J connectivity index is 3.05. The number of hydrogen-bond donors (Lipinski definition) is 2. The van der Waals surface area contributed by atoms with Gasteiger partial charge in [0.25, 0.3) is 0 Å². The van der Waals surface area contributed by atoms with Gasteiger partial charge in [-0.2, -0.15) is 0 Å². The van der Waals surface area contributed by atoms with Gasteiger partial charge in [-0.15, -0.1) is 23.2 Å². The predicted molar refractivity (Wildman–Crippen MR) is 70.8 cm³/mol. The summed E-state index contributed by atoms with van der Waals surface area (Å²) in [5, 5.41) is 13.8. The van der Waals surface area contributed by atoms with E-state index in [2.05, 4.69) is 17.2 Å². The smallest absolute Gasteiger partial charge is 0.332 e. The third-order valence-electron chi connectivity index (χ3n) is 2.73. The van der Waals surface area contributed by atoms with E-state index in [0.29, 0.717) is 11.3 Å². The van der Waals surface area contributed by atoms with Gasteiger partial charge < -0.3 is 5.11 Å². The van der Waals surface area contributed by atoms with Gasteiger partial charge in [0.05, 0.1) is 4.88 Å². The minimum Gasteiger partial charge on any atom is -0.480 e. The number of carbonyl (C=O) groups is 2. The maximum atomic E-state index is 12.3. The van der Waals surface area contributed by atoms with E-state index >= 15 is 0 Å². The molecule has 0 aliphatic heterocycles. The molecule has 0 amide bonds. The van der Waals surface area contributed by atoms with Crippen molar-refractivity contribution in [2.45, 2.75) is 25.3 Å². The van der Waals surface area contributed by atoms with E-state index < -0.39 is 17.3 Å². The zero-order chi connectivity index (χ0) is 13.6. The van der Waals surface area contributed by atoms with E-state index in [0.717, 1.165) is 0 Å². The molecule has 0 bridgehead atoms. The summed E-state index contributed by atoms with van der Waals surface area (Å²) in [5.74, 6) is 3.91. The molecule has 1 unspecified atom stereocenters. The van der Waals surface area contributed by atoms with Gasteiger partial charge in [-0.3, -0.25) is 10.1 Å². The Bertz CT molecular complexity index is 484. The van der Waals surface area contributed by atoms with Gasteiger partial charge >= 0.3 is 5.97 Å². The Labute approximate surface area is 110 Å². The van der Waals surface area contributed by atoms with Crippen LogP contribution in [0.3, 0.4) is 0 Å². The minimum atomic E-state index is -1.59.